The Morgan fingerprint density at radius 2 is 1.29 bits per heavy atom. The van der Waals surface area contributed by atoms with Crippen LogP contribution >= 0.6 is 0 Å². The minimum absolute atomic E-state index is 0.112. The minimum atomic E-state index is -1.20. The third-order valence-corrected chi connectivity index (χ3v) is 4.88. The van der Waals surface area contributed by atoms with Gasteiger partial charge in [-0.05, 0) is 114 Å². The van der Waals surface area contributed by atoms with Crippen molar-refractivity contribution in [3.8, 4) is 11.5 Å². The Morgan fingerprint density at radius 3 is 1.78 bits per heavy atom. The molecule has 0 fully saturated rings. The van der Waals surface area contributed by atoms with Crippen molar-refractivity contribution in [1.29, 1.82) is 0 Å². The molecular formula is C31H50FNO8. The molecule has 234 valence electrons. The largest absolute Gasteiger partial charge is 0.487 e. The first-order valence-electron chi connectivity index (χ1n) is 13.9. The van der Waals surface area contributed by atoms with Crippen LogP contribution in [-0.4, -0.2) is 59.8 Å². The maximum atomic E-state index is 13.4. The summed E-state index contributed by atoms with van der Waals surface area (Å²) < 4.78 is 41.0. The molecule has 10 heteroatoms. The van der Waals surface area contributed by atoms with Gasteiger partial charge >= 0.3 is 18.0 Å². The molecule has 1 aromatic carbocycles. The molecule has 0 aromatic heterocycles. The lowest BCUT2D eigenvalue weighted by Crippen LogP contribution is -2.48. The van der Waals surface area contributed by atoms with E-state index < -0.39 is 59.1 Å². The first-order valence-corrected chi connectivity index (χ1v) is 13.9. The summed E-state index contributed by atoms with van der Waals surface area (Å²) in [4.78, 5) is 39.3. The molecule has 0 aliphatic heterocycles. The van der Waals surface area contributed by atoms with Crippen LogP contribution in [0.3, 0.4) is 0 Å². The van der Waals surface area contributed by atoms with E-state index in [1.54, 1.807) is 80.5 Å². The fourth-order valence-corrected chi connectivity index (χ4v) is 3.61. The SMILES string of the molecule is CC(C)(C)OC(=O)N[C@@H](C[C@H](Cc1ccc(OCCF)c(OC(C)(C)C)c1)C(=O)OC(C)(C)C)C(=O)OC(C)(C)C. The summed E-state index contributed by atoms with van der Waals surface area (Å²) in [7, 11) is 0. The van der Waals surface area contributed by atoms with Crippen LogP contribution in [0.5, 0.6) is 11.5 Å². The summed E-state index contributed by atoms with van der Waals surface area (Å²) in [5.41, 5.74) is -2.31. The highest BCUT2D eigenvalue weighted by Gasteiger charge is 2.35. The van der Waals surface area contributed by atoms with E-state index in [9.17, 15) is 18.8 Å². The van der Waals surface area contributed by atoms with Crippen LogP contribution in [0, 0.1) is 5.92 Å². The molecule has 41 heavy (non-hydrogen) atoms. The molecule has 1 rings (SSSR count). The Kier molecular flexibility index (Phi) is 12.5. The van der Waals surface area contributed by atoms with E-state index in [1.807, 2.05) is 20.8 Å². The van der Waals surface area contributed by atoms with Gasteiger partial charge in [0.2, 0.25) is 0 Å². The molecule has 0 bridgehead atoms. The molecule has 2 atom stereocenters. The molecule has 0 heterocycles. The van der Waals surface area contributed by atoms with Gasteiger partial charge in [-0.25, -0.2) is 14.0 Å². The van der Waals surface area contributed by atoms with Crippen molar-refractivity contribution in [2.24, 2.45) is 5.92 Å². The van der Waals surface area contributed by atoms with Crippen LogP contribution in [0.1, 0.15) is 95.1 Å². The van der Waals surface area contributed by atoms with Gasteiger partial charge in [0, 0.05) is 0 Å². The lowest BCUT2D eigenvalue weighted by atomic mass is 9.92. The zero-order valence-corrected chi connectivity index (χ0v) is 26.9. The number of halogens is 1. The number of alkyl halides is 1. The Labute approximate surface area is 244 Å². The maximum absolute atomic E-state index is 13.4. The first-order chi connectivity index (χ1) is 18.5. The van der Waals surface area contributed by atoms with Gasteiger partial charge in [-0.3, -0.25) is 4.79 Å². The lowest BCUT2D eigenvalue weighted by molar-refractivity contribution is -0.162. The van der Waals surface area contributed by atoms with Gasteiger partial charge in [0.1, 0.15) is 41.7 Å². The number of hydrogen-bond acceptors (Lipinski definition) is 8. The van der Waals surface area contributed by atoms with E-state index in [0.29, 0.717) is 17.1 Å². The molecule has 0 aliphatic carbocycles. The van der Waals surface area contributed by atoms with Crippen molar-refractivity contribution < 1.29 is 42.5 Å². The number of carbonyl (C=O) groups excluding carboxylic acids is 3. The van der Waals surface area contributed by atoms with Crippen molar-refractivity contribution in [2.75, 3.05) is 13.3 Å². The van der Waals surface area contributed by atoms with Crippen LogP contribution in [0.25, 0.3) is 0 Å². The zero-order valence-electron chi connectivity index (χ0n) is 26.9. The quantitative estimate of drug-likeness (QED) is 0.238. The molecule has 0 saturated carbocycles. The molecule has 0 spiro atoms. The number of esters is 2. The highest BCUT2D eigenvalue weighted by molar-refractivity contribution is 5.83. The summed E-state index contributed by atoms with van der Waals surface area (Å²) in [5, 5.41) is 2.58. The second-order valence-electron chi connectivity index (χ2n) is 13.9. The number of benzene rings is 1. The molecule has 0 saturated heterocycles. The zero-order chi connectivity index (χ0) is 31.8. The van der Waals surface area contributed by atoms with E-state index in [1.165, 1.54) is 0 Å². The van der Waals surface area contributed by atoms with Crippen LogP contribution in [-0.2, 0) is 30.2 Å². The number of alkyl carbamates (subject to hydrolysis) is 1. The smallest absolute Gasteiger partial charge is 0.408 e. The van der Waals surface area contributed by atoms with Gasteiger partial charge in [0.15, 0.2) is 11.5 Å². The first kappa shape index (κ1) is 36.0. The molecule has 0 unspecified atom stereocenters. The van der Waals surface area contributed by atoms with Crippen molar-refractivity contribution in [3.63, 3.8) is 0 Å². The highest BCUT2D eigenvalue weighted by atomic mass is 19.1. The van der Waals surface area contributed by atoms with Gasteiger partial charge in [0.25, 0.3) is 0 Å². The van der Waals surface area contributed by atoms with Crippen molar-refractivity contribution >= 4 is 18.0 Å². The van der Waals surface area contributed by atoms with Crippen LogP contribution in [0.15, 0.2) is 18.2 Å². The number of nitrogens with one attached hydrogen (secondary N) is 1. The monoisotopic (exact) mass is 583 g/mol. The van der Waals surface area contributed by atoms with Crippen molar-refractivity contribution in [1.82, 2.24) is 5.32 Å². The predicted molar refractivity (Wildman–Crippen MR) is 155 cm³/mol. The van der Waals surface area contributed by atoms with E-state index in [2.05, 4.69) is 5.32 Å². The van der Waals surface area contributed by atoms with Crippen molar-refractivity contribution in [2.45, 2.75) is 124 Å². The van der Waals surface area contributed by atoms with E-state index >= 15 is 0 Å². The summed E-state index contributed by atoms with van der Waals surface area (Å²) in [6, 6.07) is 3.92. The Hall–Kier alpha value is -3.04. The summed E-state index contributed by atoms with van der Waals surface area (Å²) in [6.07, 6.45) is -0.779. The molecular weight excluding hydrogens is 533 g/mol. The van der Waals surface area contributed by atoms with E-state index in [0.717, 1.165) is 0 Å². The average Bonchev–Trinajstić information content (AvgIpc) is 2.72. The maximum Gasteiger partial charge on any atom is 0.408 e. The summed E-state index contributed by atoms with van der Waals surface area (Å²) in [6.45, 7) is 20.3. The molecule has 0 aliphatic rings. The fraction of sp³-hybridized carbons (Fsp3) is 0.710. The van der Waals surface area contributed by atoms with E-state index in [4.69, 9.17) is 23.7 Å². The van der Waals surface area contributed by atoms with Gasteiger partial charge < -0.3 is 29.0 Å². The molecule has 1 amide bonds. The highest BCUT2D eigenvalue weighted by Crippen LogP contribution is 2.33. The third kappa shape index (κ3) is 15.5. The third-order valence-electron chi connectivity index (χ3n) is 4.88. The van der Waals surface area contributed by atoms with Gasteiger partial charge in [-0.2, -0.15) is 0 Å². The lowest BCUT2D eigenvalue weighted by Gasteiger charge is -2.29. The number of ether oxygens (including phenoxy) is 5. The summed E-state index contributed by atoms with van der Waals surface area (Å²) in [5.74, 6) is -1.35. The molecule has 1 aromatic rings. The van der Waals surface area contributed by atoms with E-state index in [-0.39, 0.29) is 19.4 Å². The second-order valence-corrected chi connectivity index (χ2v) is 13.9. The normalized spacial score (nSPS) is 14.0. The predicted octanol–water partition coefficient (Wildman–Crippen LogP) is 6.34. The average molecular weight is 584 g/mol. The Morgan fingerprint density at radius 1 is 0.756 bits per heavy atom. The Bertz CT molecular complexity index is 1030. The fourth-order valence-electron chi connectivity index (χ4n) is 3.61. The molecule has 9 nitrogen and oxygen atoms in total. The van der Waals surface area contributed by atoms with Crippen LogP contribution in [0.4, 0.5) is 9.18 Å². The van der Waals surface area contributed by atoms with Gasteiger partial charge in [0.05, 0.1) is 5.92 Å². The number of carbonyl (C=O) groups is 3. The van der Waals surface area contributed by atoms with Gasteiger partial charge in [-0.1, -0.05) is 6.07 Å². The number of hydrogen-bond donors (Lipinski definition) is 1. The second kappa shape index (κ2) is 14.2. The minimum Gasteiger partial charge on any atom is -0.487 e. The van der Waals surface area contributed by atoms with Crippen LogP contribution in [0.2, 0.25) is 0 Å². The van der Waals surface area contributed by atoms with Crippen LogP contribution < -0.4 is 14.8 Å². The summed E-state index contributed by atoms with van der Waals surface area (Å²) >= 11 is 0. The Balaban J connectivity index is 3.46. The standard InChI is InChI=1S/C31H50FNO8/c1-28(2,3)38-24-18-20(13-14-23(24)37-16-15-32)17-21(25(34)39-29(4,5)6)19-22(26(35)40-30(7,8)9)33-27(36)41-31(10,11)12/h13-14,18,21-22H,15-17,19H2,1-12H3,(H,33,36)/t21-,22-/m0/s1. The number of rotatable bonds is 11. The molecule has 1 N–H and O–H groups in total. The van der Waals surface area contributed by atoms with Crippen molar-refractivity contribution in [3.05, 3.63) is 23.8 Å². The topological polar surface area (TPSA) is 109 Å². The van der Waals surface area contributed by atoms with Gasteiger partial charge in [-0.15, -0.1) is 0 Å². The molecule has 0 radical (unpaired) electrons. The number of amides is 1.